The number of H-pyrrole nitrogens is 1. The highest BCUT2D eigenvalue weighted by atomic mass is 15.0. The molecular formula is C11H21N3. The minimum atomic E-state index is 1.14. The first kappa shape index (κ1) is 11.3. The van der Waals surface area contributed by atoms with Crippen LogP contribution >= 0.6 is 0 Å². The lowest BCUT2D eigenvalue weighted by Crippen LogP contribution is -2.39. The van der Waals surface area contributed by atoms with Crippen molar-refractivity contribution in [2.45, 2.75) is 20.8 Å². The summed E-state index contributed by atoms with van der Waals surface area (Å²) in [4.78, 5) is 3.14. The molecule has 0 saturated carbocycles. The van der Waals surface area contributed by atoms with Gasteiger partial charge in [-0.05, 0) is 31.9 Å². The monoisotopic (exact) mass is 195 g/mol. The molecule has 1 aromatic heterocycles. The normalized spacial score (nSPS) is 15.9. The molecule has 0 spiro atoms. The fourth-order valence-corrected chi connectivity index (χ4v) is 1.33. The molecule has 0 amide bonds. The Bertz CT molecular complexity index is 230. The average Bonchev–Trinajstić information content (AvgIpc) is 2.53. The maximum absolute atomic E-state index is 3.22. The molecule has 0 atom stereocenters. The van der Waals surface area contributed by atoms with Gasteiger partial charge in [-0.15, -0.1) is 0 Å². The van der Waals surface area contributed by atoms with E-state index in [4.69, 9.17) is 0 Å². The number of rotatable bonds is 0. The van der Waals surface area contributed by atoms with Gasteiger partial charge in [0.15, 0.2) is 0 Å². The van der Waals surface area contributed by atoms with E-state index < -0.39 is 0 Å². The van der Waals surface area contributed by atoms with E-state index in [9.17, 15) is 0 Å². The smallest absolute Gasteiger partial charge is 0.0148 e. The molecule has 1 aromatic rings. The third-order valence-corrected chi connectivity index (χ3v) is 2.62. The van der Waals surface area contributed by atoms with Crippen LogP contribution in [0, 0.1) is 20.8 Å². The van der Waals surface area contributed by atoms with E-state index in [1.807, 2.05) is 6.20 Å². The zero-order valence-electron chi connectivity index (χ0n) is 9.41. The number of nitrogens with one attached hydrogen (secondary N) is 3. The van der Waals surface area contributed by atoms with Crippen molar-refractivity contribution in [2.75, 3.05) is 26.2 Å². The molecule has 3 nitrogen and oxygen atoms in total. The number of aromatic amines is 1. The fraction of sp³-hybridized carbons (Fsp3) is 0.636. The first-order chi connectivity index (χ1) is 6.72. The molecule has 1 saturated heterocycles. The van der Waals surface area contributed by atoms with E-state index in [2.05, 4.69) is 36.4 Å². The second-order valence-electron chi connectivity index (χ2n) is 3.72. The summed E-state index contributed by atoms with van der Waals surface area (Å²) in [5, 5.41) is 6.44. The SMILES string of the molecule is C1CNCCN1.Cc1c[nH]c(C)c1C. The molecule has 2 rings (SSSR count). The zero-order valence-corrected chi connectivity index (χ0v) is 9.41. The van der Waals surface area contributed by atoms with Crippen molar-refractivity contribution in [2.24, 2.45) is 0 Å². The molecule has 1 aliphatic rings. The molecule has 0 aliphatic carbocycles. The Morgan fingerprint density at radius 3 is 1.57 bits per heavy atom. The maximum atomic E-state index is 3.22. The lowest BCUT2D eigenvalue weighted by atomic mass is 10.2. The van der Waals surface area contributed by atoms with Gasteiger partial charge in [-0.3, -0.25) is 0 Å². The second-order valence-corrected chi connectivity index (χ2v) is 3.72. The van der Waals surface area contributed by atoms with Gasteiger partial charge in [-0.25, -0.2) is 0 Å². The number of aryl methyl sites for hydroxylation is 2. The van der Waals surface area contributed by atoms with Gasteiger partial charge in [-0.2, -0.15) is 0 Å². The Hall–Kier alpha value is -0.800. The molecular weight excluding hydrogens is 174 g/mol. The average molecular weight is 195 g/mol. The van der Waals surface area contributed by atoms with Crippen LogP contribution in [0.2, 0.25) is 0 Å². The largest absolute Gasteiger partial charge is 0.365 e. The topological polar surface area (TPSA) is 39.8 Å². The summed E-state index contributed by atoms with van der Waals surface area (Å²) in [5.41, 5.74) is 4.01. The van der Waals surface area contributed by atoms with Crippen LogP contribution in [-0.4, -0.2) is 31.2 Å². The van der Waals surface area contributed by atoms with Crippen LogP contribution < -0.4 is 10.6 Å². The quantitative estimate of drug-likeness (QED) is 0.580. The van der Waals surface area contributed by atoms with Gasteiger partial charge in [0, 0.05) is 38.1 Å². The number of hydrogen-bond donors (Lipinski definition) is 3. The molecule has 1 fully saturated rings. The molecule has 14 heavy (non-hydrogen) atoms. The summed E-state index contributed by atoms with van der Waals surface area (Å²) in [5.74, 6) is 0. The molecule has 3 N–H and O–H groups in total. The molecule has 80 valence electrons. The van der Waals surface area contributed by atoms with E-state index in [1.54, 1.807) is 0 Å². The predicted octanol–water partition coefficient (Wildman–Crippen LogP) is 1.12. The van der Waals surface area contributed by atoms with Gasteiger partial charge in [0.2, 0.25) is 0 Å². The Morgan fingerprint density at radius 1 is 0.929 bits per heavy atom. The van der Waals surface area contributed by atoms with Crippen LogP contribution in [0.1, 0.15) is 16.8 Å². The van der Waals surface area contributed by atoms with Crippen molar-refractivity contribution in [3.05, 3.63) is 23.0 Å². The summed E-state index contributed by atoms with van der Waals surface area (Å²) >= 11 is 0. The van der Waals surface area contributed by atoms with Crippen LogP contribution in [0.15, 0.2) is 6.20 Å². The van der Waals surface area contributed by atoms with E-state index in [-0.39, 0.29) is 0 Å². The van der Waals surface area contributed by atoms with E-state index in [0.29, 0.717) is 0 Å². The Labute approximate surface area is 86.3 Å². The number of piperazine rings is 1. The van der Waals surface area contributed by atoms with Crippen molar-refractivity contribution in [3.8, 4) is 0 Å². The molecule has 1 aliphatic heterocycles. The van der Waals surface area contributed by atoms with Gasteiger partial charge in [0.1, 0.15) is 0 Å². The molecule has 0 radical (unpaired) electrons. The fourth-order valence-electron chi connectivity index (χ4n) is 1.33. The van der Waals surface area contributed by atoms with Gasteiger partial charge in [0.05, 0.1) is 0 Å². The van der Waals surface area contributed by atoms with Crippen LogP contribution in [0.5, 0.6) is 0 Å². The van der Waals surface area contributed by atoms with Crippen molar-refractivity contribution < 1.29 is 0 Å². The minimum Gasteiger partial charge on any atom is -0.365 e. The van der Waals surface area contributed by atoms with Crippen LogP contribution in [0.3, 0.4) is 0 Å². The van der Waals surface area contributed by atoms with Crippen molar-refractivity contribution in [1.82, 2.24) is 15.6 Å². The summed E-state index contributed by atoms with van der Waals surface area (Å²) in [6.45, 7) is 10.9. The maximum Gasteiger partial charge on any atom is 0.0148 e. The highest BCUT2D eigenvalue weighted by Crippen LogP contribution is 2.08. The third-order valence-electron chi connectivity index (χ3n) is 2.62. The Morgan fingerprint density at radius 2 is 1.43 bits per heavy atom. The zero-order chi connectivity index (χ0) is 10.4. The number of hydrogen-bond acceptors (Lipinski definition) is 2. The van der Waals surface area contributed by atoms with Gasteiger partial charge >= 0.3 is 0 Å². The summed E-state index contributed by atoms with van der Waals surface area (Å²) in [6.07, 6.45) is 2.03. The Balaban J connectivity index is 0.000000146. The molecule has 0 bridgehead atoms. The van der Waals surface area contributed by atoms with E-state index in [1.165, 1.54) is 16.8 Å². The molecule has 0 aromatic carbocycles. The number of aromatic nitrogens is 1. The second kappa shape index (κ2) is 5.83. The van der Waals surface area contributed by atoms with Gasteiger partial charge in [-0.1, -0.05) is 0 Å². The summed E-state index contributed by atoms with van der Waals surface area (Å²) < 4.78 is 0. The molecule has 3 heteroatoms. The third kappa shape index (κ3) is 3.52. The van der Waals surface area contributed by atoms with Gasteiger partial charge < -0.3 is 15.6 Å². The van der Waals surface area contributed by atoms with Crippen molar-refractivity contribution >= 4 is 0 Å². The predicted molar refractivity (Wildman–Crippen MR) is 60.7 cm³/mol. The van der Waals surface area contributed by atoms with E-state index >= 15 is 0 Å². The first-order valence-corrected chi connectivity index (χ1v) is 5.24. The summed E-state index contributed by atoms with van der Waals surface area (Å²) in [6, 6.07) is 0. The van der Waals surface area contributed by atoms with Crippen LogP contribution in [-0.2, 0) is 0 Å². The highest BCUT2D eigenvalue weighted by Gasteiger charge is 1.94. The van der Waals surface area contributed by atoms with E-state index in [0.717, 1.165) is 26.2 Å². The van der Waals surface area contributed by atoms with Crippen LogP contribution in [0.4, 0.5) is 0 Å². The first-order valence-electron chi connectivity index (χ1n) is 5.24. The highest BCUT2D eigenvalue weighted by molar-refractivity contribution is 5.26. The molecule has 0 unspecified atom stereocenters. The summed E-state index contributed by atoms with van der Waals surface area (Å²) in [7, 11) is 0. The van der Waals surface area contributed by atoms with Crippen molar-refractivity contribution in [3.63, 3.8) is 0 Å². The van der Waals surface area contributed by atoms with Crippen molar-refractivity contribution in [1.29, 1.82) is 0 Å². The lowest BCUT2D eigenvalue weighted by Gasteiger charge is -2.11. The lowest BCUT2D eigenvalue weighted by molar-refractivity contribution is 0.534. The standard InChI is InChI=1S/C7H11N.C4H10N2/c1-5-4-8-7(3)6(5)2;1-2-6-4-3-5-1/h4,8H,1-3H3;5-6H,1-4H2. The Kier molecular flexibility index (Phi) is 4.70. The molecule has 2 heterocycles. The van der Waals surface area contributed by atoms with Gasteiger partial charge in [0.25, 0.3) is 0 Å². The van der Waals surface area contributed by atoms with Crippen LogP contribution in [0.25, 0.3) is 0 Å². The minimum absolute atomic E-state index is 1.14.